The van der Waals surface area contributed by atoms with Crippen LogP contribution < -0.4 is 11.1 Å². The van der Waals surface area contributed by atoms with Crippen molar-refractivity contribution in [2.45, 2.75) is 63.5 Å². The molecular formula is C14H26N2. The monoisotopic (exact) mass is 222 g/mol. The predicted molar refractivity (Wildman–Crippen MR) is 67.2 cm³/mol. The normalized spacial score (nSPS) is 47.4. The first kappa shape index (κ1) is 11.0. The highest BCUT2D eigenvalue weighted by atomic mass is 15.0. The van der Waals surface area contributed by atoms with Crippen LogP contribution in [0.2, 0.25) is 0 Å². The fourth-order valence-electron chi connectivity index (χ4n) is 4.73. The number of hydrogen-bond acceptors (Lipinski definition) is 2. The van der Waals surface area contributed by atoms with Crippen molar-refractivity contribution in [1.82, 2.24) is 5.32 Å². The van der Waals surface area contributed by atoms with Crippen LogP contribution >= 0.6 is 0 Å². The summed E-state index contributed by atoms with van der Waals surface area (Å²) in [6, 6.07) is 1.69. The van der Waals surface area contributed by atoms with E-state index in [0.717, 1.165) is 36.4 Å². The molecule has 2 nitrogen and oxygen atoms in total. The van der Waals surface area contributed by atoms with Crippen molar-refractivity contribution < 1.29 is 0 Å². The molecule has 92 valence electrons. The molecule has 0 amide bonds. The van der Waals surface area contributed by atoms with Gasteiger partial charge in [-0.05, 0) is 56.4 Å². The van der Waals surface area contributed by atoms with E-state index in [4.69, 9.17) is 5.73 Å². The molecule has 2 aliphatic carbocycles. The lowest BCUT2D eigenvalue weighted by atomic mass is 9.69. The Balaban J connectivity index is 1.72. The molecule has 0 bridgehead atoms. The number of nitrogens with one attached hydrogen (secondary N) is 1. The zero-order chi connectivity index (χ0) is 11.0. The van der Waals surface area contributed by atoms with Gasteiger partial charge in [0.25, 0.3) is 0 Å². The molecular weight excluding hydrogens is 196 g/mol. The van der Waals surface area contributed by atoms with E-state index in [1.165, 1.54) is 51.4 Å². The zero-order valence-electron chi connectivity index (χ0n) is 10.3. The van der Waals surface area contributed by atoms with Gasteiger partial charge in [0, 0.05) is 12.1 Å². The van der Waals surface area contributed by atoms with Crippen molar-refractivity contribution in [2.24, 2.45) is 23.5 Å². The van der Waals surface area contributed by atoms with Crippen LogP contribution in [0.25, 0.3) is 0 Å². The summed E-state index contributed by atoms with van der Waals surface area (Å²) in [6.45, 7) is 0.880. The largest absolute Gasteiger partial charge is 0.330 e. The van der Waals surface area contributed by atoms with Gasteiger partial charge in [0.05, 0.1) is 0 Å². The minimum atomic E-state index is 0.824. The van der Waals surface area contributed by atoms with Gasteiger partial charge >= 0.3 is 0 Å². The van der Waals surface area contributed by atoms with Crippen LogP contribution in [0.1, 0.15) is 51.4 Å². The second kappa shape index (κ2) is 4.66. The van der Waals surface area contributed by atoms with E-state index in [1.54, 1.807) is 0 Å². The van der Waals surface area contributed by atoms with E-state index in [0.29, 0.717) is 0 Å². The minimum Gasteiger partial charge on any atom is -0.330 e. The van der Waals surface area contributed by atoms with Crippen molar-refractivity contribution in [3.8, 4) is 0 Å². The molecule has 2 heteroatoms. The summed E-state index contributed by atoms with van der Waals surface area (Å²) in [5.74, 6) is 2.89. The van der Waals surface area contributed by atoms with Crippen LogP contribution in [0.15, 0.2) is 0 Å². The summed E-state index contributed by atoms with van der Waals surface area (Å²) in [5.41, 5.74) is 5.76. The van der Waals surface area contributed by atoms with Gasteiger partial charge in [-0.1, -0.05) is 19.3 Å². The Kier molecular flexibility index (Phi) is 3.21. The molecule has 3 rings (SSSR count). The van der Waals surface area contributed by atoms with Gasteiger partial charge in [0.2, 0.25) is 0 Å². The maximum absolute atomic E-state index is 5.76. The average molecular weight is 222 g/mol. The van der Waals surface area contributed by atoms with Crippen molar-refractivity contribution >= 4 is 0 Å². The molecule has 5 atom stereocenters. The molecule has 16 heavy (non-hydrogen) atoms. The Morgan fingerprint density at radius 2 is 1.75 bits per heavy atom. The van der Waals surface area contributed by atoms with Crippen molar-refractivity contribution in [3.63, 3.8) is 0 Å². The molecule has 1 aliphatic heterocycles. The summed E-state index contributed by atoms with van der Waals surface area (Å²) in [4.78, 5) is 0. The lowest BCUT2D eigenvalue weighted by Gasteiger charge is -2.36. The van der Waals surface area contributed by atoms with Gasteiger partial charge in [-0.25, -0.2) is 0 Å². The van der Waals surface area contributed by atoms with Crippen LogP contribution in [0.3, 0.4) is 0 Å². The highest BCUT2D eigenvalue weighted by molar-refractivity contribution is 5.03. The third kappa shape index (κ3) is 1.80. The molecule has 2 saturated carbocycles. The fraction of sp³-hybridized carbons (Fsp3) is 1.00. The summed E-state index contributed by atoms with van der Waals surface area (Å²) < 4.78 is 0. The molecule has 3 fully saturated rings. The maximum atomic E-state index is 5.76. The first-order valence-electron chi connectivity index (χ1n) is 7.36. The van der Waals surface area contributed by atoms with Crippen LogP contribution in [0.5, 0.6) is 0 Å². The SMILES string of the molecule is NCCC1CCCC2C3CCCCC3NC12. The maximum Gasteiger partial charge on any atom is 0.0130 e. The first-order chi connectivity index (χ1) is 7.90. The Morgan fingerprint density at radius 3 is 2.62 bits per heavy atom. The summed E-state index contributed by atoms with van der Waals surface area (Å²) in [6.07, 6.45) is 11.5. The third-order valence-electron chi connectivity index (χ3n) is 5.39. The number of fused-ring (bicyclic) bond motifs is 3. The van der Waals surface area contributed by atoms with E-state index in [1.807, 2.05) is 0 Å². The first-order valence-corrected chi connectivity index (χ1v) is 7.36. The molecule has 0 aromatic rings. The van der Waals surface area contributed by atoms with Crippen LogP contribution in [0.4, 0.5) is 0 Å². The zero-order valence-corrected chi connectivity index (χ0v) is 10.3. The van der Waals surface area contributed by atoms with Crippen LogP contribution in [-0.2, 0) is 0 Å². The smallest absolute Gasteiger partial charge is 0.0130 e. The molecule has 3 aliphatic rings. The van der Waals surface area contributed by atoms with Gasteiger partial charge in [0.1, 0.15) is 0 Å². The van der Waals surface area contributed by atoms with Gasteiger partial charge in [0.15, 0.2) is 0 Å². The Morgan fingerprint density at radius 1 is 0.938 bits per heavy atom. The van der Waals surface area contributed by atoms with E-state index in [-0.39, 0.29) is 0 Å². The Bertz CT molecular complexity index is 239. The molecule has 0 aromatic heterocycles. The minimum absolute atomic E-state index is 0.824. The summed E-state index contributed by atoms with van der Waals surface area (Å²) in [7, 11) is 0. The lowest BCUT2D eigenvalue weighted by Crippen LogP contribution is -2.41. The quantitative estimate of drug-likeness (QED) is 0.752. The fourth-order valence-corrected chi connectivity index (χ4v) is 4.73. The highest BCUT2D eigenvalue weighted by Crippen LogP contribution is 2.46. The number of nitrogens with two attached hydrogens (primary N) is 1. The second-order valence-corrected chi connectivity index (χ2v) is 6.18. The summed E-state index contributed by atoms with van der Waals surface area (Å²) >= 11 is 0. The molecule has 5 unspecified atom stereocenters. The molecule has 0 aromatic carbocycles. The van der Waals surface area contributed by atoms with Crippen molar-refractivity contribution in [1.29, 1.82) is 0 Å². The number of hydrogen-bond donors (Lipinski definition) is 2. The van der Waals surface area contributed by atoms with E-state index < -0.39 is 0 Å². The number of rotatable bonds is 2. The van der Waals surface area contributed by atoms with Gasteiger partial charge in [-0.3, -0.25) is 0 Å². The molecule has 3 N–H and O–H groups in total. The summed E-state index contributed by atoms with van der Waals surface area (Å²) in [5, 5.41) is 3.97. The van der Waals surface area contributed by atoms with Crippen molar-refractivity contribution in [3.05, 3.63) is 0 Å². The van der Waals surface area contributed by atoms with Gasteiger partial charge < -0.3 is 11.1 Å². The topological polar surface area (TPSA) is 38.0 Å². The van der Waals surface area contributed by atoms with Gasteiger partial charge in [-0.15, -0.1) is 0 Å². The average Bonchev–Trinajstić information content (AvgIpc) is 2.69. The molecule has 1 heterocycles. The standard InChI is InChI=1S/C14H26N2/c15-9-8-10-4-3-6-12-11-5-1-2-7-13(11)16-14(10)12/h10-14,16H,1-9,15H2. The van der Waals surface area contributed by atoms with E-state index in [2.05, 4.69) is 5.32 Å². The Hall–Kier alpha value is -0.0800. The molecule has 1 saturated heterocycles. The molecule has 0 radical (unpaired) electrons. The van der Waals surface area contributed by atoms with Crippen molar-refractivity contribution in [2.75, 3.05) is 6.54 Å². The van der Waals surface area contributed by atoms with Crippen LogP contribution in [0, 0.1) is 17.8 Å². The Labute approximate surface area is 99.4 Å². The predicted octanol–water partition coefficient (Wildman–Crippen LogP) is 2.28. The second-order valence-electron chi connectivity index (χ2n) is 6.18. The highest BCUT2D eigenvalue weighted by Gasteiger charge is 2.47. The van der Waals surface area contributed by atoms with E-state index in [9.17, 15) is 0 Å². The van der Waals surface area contributed by atoms with E-state index >= 15 is 0 Å². The third-order valence-corrected chi connectivity index (χ3v) is 5.39. The molecule has 0 spiro atoms. The van der Waals surface area contributed by atoms with Gasteiger partial charge in [-0.2, -0.15) is 0 Å². The van der Waals surface area contributed by atoms with Crippen LogP contribution in [-0.4, -0.2) is 18.6 Å². The lowest BCUT2D eigenvalue weighted by molar-refractivity contribution is 0.182.